The molecule has 2 aromatic carbocycles. The van der Waals surface area contributed by atoms with Gasteiger partial charge < -0.3 is 14.8 Å². The van der Waals surface area contributed by atoms with E-state index in [2.05, 4.69) is 0 Å². The zero-order chi connectivity index (χ0) is 18.4. The third-order valence-electron chi connectivity index (χ3n) is 4.49. The fraction of sp³-hybridized carbons (Fsp3) is 0.316. The second-order valence-electron chi connectivity index (χ2n) is 6.21. The van der Waals surface area contributed by atoms with Crippen LogP contribution in [-0.4, -0.2) is 47.3 Å². The molecule has 0 saturated carbocycles. The number of carbonyl (C=O) groups is 1. The molecule has 0 spiro atoms. The third kappa shape index (κ3) is 4.59. The number of carbonyl (C=O) groups excluding carboxylic acids is 1. The normalized spacial score (nSPS) is 17.5. The van der Waals surface area contributed by atoms with Gasteiger partial charge in [0.2, 0.25) is 0 Å². The zero-order valence-electron chi connectivity index (χ0n) is 14.5. The molecule has 2 atom stereocenters. The van der Waals surface area contributed by atoms with Crippen molar-refractivity contribution in [2.75, 3.05) is 26.2 Å². The Morgan fingerprint density at radius 1 is 1.04 bits per heavy atom. The van der Waals surface area contributed by atoms with E-state index in [-0.39, 0.29) is 12.7 Å². The first kappa shape index (κ1) is 18.3. The van der Waals surface area contributed by atoms with Crippen LogP contribution in [0.4, 0.5) is 4.79 Å². The molecule has 0 bridgehead atoms. The molecule has 0 aromatic heterocycles. The van der Waals surface area contributed by atoms with Gasteiger partial charge in [0.05, 0.1) is 0 Å². The molecule has 1 aliphatic heterocycles. The highest BCUT2D eigenvalue weighted by molar-refractivity contribution is 5.67. The van der Waals surface area contributed by atoms with Gasteiger partial charge in [-0.3, -0.25) is 0 Å². The first-order valence-corrected chi connectivity index (χ1v) is 8.62. The molecule has 1 aliphatic rings. The summed E-state index contributed by atoms with van der Waals surface area (Å²) in [5, 5.41) is 20.5. The molecule has 138 valence electrons. The Balaban J connectivity index is 1.53. The molecule has 2 N–H and O–H groups in total. The second-order valence-corrected chi connectivity index (χ2v) is 6.21. The molecule has 7 heteroatoms. The average Bonchev–Trinajstić information content (AvgIpc) is 2.68. The lowest BCUT2D eigenvalue weighted by Crippen LogP contribution is -3.07. The van der Waals surface area contributed by atoms with E-state index in [9.17, 15) is 15.2 Å². The minimum absolute atomic E-state index is 0.238. The maximum absolute atomic E-state index is 12.2. The second kappa shape index (κ2) is 8.77. The molecule has 2 unspecified atom stereocenters. The van der Waals surface area contributed by atoms with Crippen molar-refractivity contribution >= 4 is 6.09 Å². The molecule has 1 fully saturated rings. The van der Waals surface area contributed by atoms with E-state index in [1.165, 1.54) is 0 Å². The van der Waals surface area contributed by atoms with Gasteiger partial charge in [-0.05, 0) is 5.56 Å². The van der Waals surface area contributed by atoms with Crippen LogP contribution >= 0.6 is 0 Å². The Hall–Kier alpha value is -2.45. The number of ether oxygens (including phenoxy) is 1. The first-order valence-electron chi connectivity index (χ1n) is 8.62. The lowest BCUT2D eigenvalue weighted by molar-refractivity contribution is -1.08. The van der Waals surface area contributed by atoms with Crippen LogP contribution in [-0.2, 0) is 11.3 Å². The van der Waals surface area contributed by atoms with Crippen LogP contribution in [0.2, 0.25) is 0 Å². The zero-order valence-corrected chi connectivity index (χ0v) is 14.5. The molecule has 2 aromatic rings. The molecular weight excluding hydrogens is 334 g/mol. The van der Waals surface area contributed by atoms with Gasteiger partial charge >= 0.3 is 6.09 Å². The van der Waals surface area contributed by atoms with Crippen molar-refractivity contribution in [1.29, 1.82) is 0 Å². The average molecular weight is 357 g/mol. The van der Waals surface area contributed by atoms with Crippen LogP contribution in [0.15, 0.2) is 60.7 Å². The van der Waals surface area contributed by atoms with Crippen LogP contribution < -0.4 is 5.23 Å². The Morgan fingerprint density at radius 2 is 1.62 bits per heavy atom. The Morgan fingerprint density at radius 3 is 2.19 bits per heavy atom. The number of nitrogens with zero attached hydrogens (tertiary/aromatic N) is 2. The number of quaternary nitrogens is 1. The molecule has 0 radical (unpaired) electrons. The molecule has 7 nitrogen and oxygen atoms in total. The minimum Gasteiger partial charge on any atom is -0.599 e. The number of nitrogens with one attached hydrogen (secondary N) is 1. The summed E-state index contributed by atoms with van der Waals surface area (Å²) in [6, 6.07) is 18.7. The van der Waals surface area contributed by atoms with E-state index in [1.807, 2.05) is 65.6 Å². The fourth-order valence-corrected chi connectivity index (χ4v) is 3.12. The van der Waals surface area contributed by atoms with Gasteiger partial charge in [0, 0.05) is 31.7 Å². The molecule has 1 amide bonds. The van der Waals surface area contributed by atoms with Crippen LogP contribution in [0.3, 0.4) is 0 Å². The van der Waals surface area contributed by atoms with Crippen molar-refractivity contribution < 1.29 is 20.0 Å². The minimum atomic E-state index is -0.878. The number of piperazine rings is 1. The summed E-state index contributed by atoms with van der Waals surface area (Å²) < 4.78 is 5.35. The molecule has 3 rings (SSSR count). The lowest BCUT2D eigenvalue weighted by atomic mass is 10.1. The maximum atomic E-state index is 12.2. The van der Waals surface area contributed by atoms with E-state index in [4.69, 9.17) is 4.74 Å². The number of hydrogen-bond acceptors (Lipinski definition) is 5. The number of rotatable bonds is 5. The van der Waals surface area contributed by atoms with E-state index < -0.39 is 11.4 Å². The van der Waals surface area contributed by atoms with Crippen molar-refractivity contribution in [1.82, 2.24) is 9.80 Å². The van der Waals surface area contributed by atoms with Gasteiger partial charge in [-0.25, -0.2) is 20.1 Å². The predicted octanol–water partition coefficient (Wildman–Crippen LogP) is 1.41. The van der Waals surface area contributed by atoms with E-state index in [1.54, 1.807) is 4.90 Å². The van der Waals surface area contributed by atoms with E-state index in [0.717, 1.165) is 11.1 Å². The van der Waals surface area contributed by atoms with Crippen molar-refractivity contribution in [2.45, 2.75) is 12.8 Å². The molecule has 0 aliphatic carbocycles. The summed E-state index contributed by atoms with van der Waals surface area (Å²) in [5.74, 6) is 0. The summed E-state index contributed by atoms with van der Waals surface area (Å²) in [6.45, 7) is 2.12. The van der Waals surface area contributed by atoms with Gasteiger partial charge in [0.1, 0.15) is 6.61 Å². The highest BCUT2D eigenvalue weighted by Crippen LogP contribution is 2.17. The standard InChI is InChI=1S/C19H23N3O4/c23-19(26-15-16-7-3-1-4-8-16)21-13-11-20(12-14-21)18(22(24)25)17-9-5-2-6-10-17/h1-10,18,22,24H,11-15H2. The van der Waals surface area contributed by atoms with Crippen LogP contribution in [0, 0.1) is 5.21 Å². The number of hydrogen-bond donors (Lipinski definition) is 2. The lowest BCUT2D eigenvalue weighted by Gasteiger charge is -2.39. The fourth-order valence-electron chi connectivity index (χ4n) is 3.12. The Bertz CT molecular complexity index is 688. The smallest absolute Gasteiger partial charge is 0.410 e. The van der Waals surface area contributed by atoms with E-state index >= 15 is 0 Å². The molecule has 26 heavy (non-hydrogen) atoms. The molecule has 1 saturated heterocycles. The monoisotopic (exact) mass is 357 g/mol. The summed E-state index contributed by atoms with van der Waals surface area (Å²) >= 11 is 0. The highest BCUT2D eigenvalue weighted by Gasteiger charge is 2.31. The van der Waals surface area contributed by atoms with Crippen molar-refractivity contribution in [2.24, 2.45) is 0 Å². The van der Waals surface area contributed by atoms with Crippen LogP contribution in [0.5, 0.6) is 0 Å². The van der Waals surface area contributed by atoms with Crippen LogP contribution in [0.25, 0.3) is 0 Å². The third-order valence-corrected chi connectivity index (χ3v) is 4.49. The van der Waals surface area contributed by atoms with Crippen molar-refractivity contribution in [3.8, 4) is 0 Å². The number of amides is 1. The topological polar surface area (TPSA) is 80.5 Å². The SMILES string of the molecule is O=C(OCc1ccccc1)N1CCN(C(c2ccccc2)[NH+]([O-])O)CC1. The van der Waals surface area contributed by atoms with E-state index in [0.29, 0.717) is 26.2 Å². The summed E-state index contributed by atoms with van der Waals surface area (Å²) in [5.41, 5.74) is 1.69. The Kier molecular flexibility index (Phi) is 6.19. The van der Waals surface area contributed by atoms with Crippen LogP contribution in [0.1, 0.15) is 17.3 Å². The number of hydroxylamine groups is 2. The van der Waals surface area contributed by atoms with Crippen molar-refractivity contribution in [3.63, 3.8) is 0 Å². The quantitative estimate of drug-likeness (QED) is 0.791. The predicted molar refractivity (Wildman–Crippen MR) is 95.1 cm³/mol. The van der Waals surface area contributed by atoms with Gasteiger partial charge in [-0.2, -0.15) is 0 Å². The highest BCUT2D eigenvalue weighted by atomic mass is 16.8. The van der Waals surface area contributed by atoms with Gasteiger partial charge in [0.15, 0.2) is 6.17 Å². The largest absolute Gasteiger partial charge is 0.599 e. The van der Waals surface area contributed by atoms with Gasteiger partial charge in [-0.15, -0.1) is 0 Å². The van der Waals surface area contributed by atoms with Gasteiger partial charge in [-0.1, -0.05) is 60.7 Å². The first-order chi connectivity index (χ1) is 12.6. The van der Waals surface area contributed by atoms with Gasteiger partial charge in [0.25, 0.3) is 0 Å². The molecular formula is C19H23N3O4. The summed E-state index contributed by atoms with van der Waals surface area (Å²) in [4.78, 5) is 15.7. The van der Waals surface area contributed by atoms with Crippen molar-refractivity contribution in [3.05, 3.63) is 77.0 Å². The molecule has 1 heterocycles. The maximum Gasteiger partial charge on any atom is 0.410 e. The number of benzene rings is 2. The summed E-state index contributed by atoms with van der Waals surface area (Å²) in [7, 11) is 0. The Labute approximate surface area is 152 Å². The summed E-state index contributed by atoms with van der Waals surface area (Å²) in [6.07, 6.45) is -1.06.